The van der Waals surface area contributed by atoms with Crippen LogP contribution in [0.2, 0.25) is 0 Å². The number of thioether (sulfide) groups is 1. The number of benzene rings is 1. The average Bonchev–Trinajstić information content (AvgIpc) is 2.71. The van der Waals surface area contributed by atoms with E-state index >= 15 is 0 Å². The first-order valence-electron chi connectivity index (χ1n) is 6.25. The normalized spacial score (nSPS) is 18.7. The van der Waals surface area contributed by atoms with Crippen molar-refractivity contribution in [2.75, 3.05) is 17.3 Å². The van der Waals surface area contributed by atoms with Crippen molar-refractivity contribution < 1.29 is 19.5 Å². The van der Waals surface area contributed by atoms with Crippen LogP contribution in [0.1, 0.15) is 23.7 Å². The van der Waals surface area contributed by atoms with Crippen LogP contribution in [0, 0.1) is 0 Å². The lowest BCUT2D eigenvalue weighted by Gasteiger charge is -2.15. The van der Waals surface area contributed by atoms with E-state index in [2.05, 4.69) is 0 Å². The first kappa shape index (κ1) is 14.7. The molecule has 2 amide bonds. The van der Waals surface area contributed by atoms with Gasteiger partial charge >= 0.3 is 0 Å². The molecule has 2 rings (SSSR count). The third-order valence-electron chi connectivity index (χ3n) is 3.05. The van der Waals surface area contributed by atoms with Crippen molar-refractivity contribution in [2.24, 2.45) is 0 Å². The zero-order chi connectivity index (χ0) is 14.7. The molecule has 0 saturated carbocycles. The van der Waals surface area contributed by atoms with E-state index < -0.39 is 5.25 Å². The first-order chi connectivity index (χ1) is 9.54. The second-order valence-electron chi connectivity index (χ2n) is 4.46. The quantitative estimate of drug-likeness (QED) is 0.653. The lowest BCUT2D eigenvalue weighted by Crippen LogP contribution is -2.31. The summed E-state index contributed by atoms with van der Waals surface area (Å²) in [5.41, 5.74) is 1.02. The number of ketones is 1. The molecule has 20 heavy (non-hydrogen) atoms. The molecule has 1 N–H and O–H groups in total. The molecule has 106 valence electrons. The Kier molecular flexibility index (Phi) is 4.57. The number of amides is 2. The highest BCUT2D eigenvalue weighted by Crippen LogP contribution is 2.29. The molecule has 0 aliphatic carbocycles. The Hall–Kier alpha value is -1.66. The van der Waals surface area contributed by atoms with Gasteiger partial charge in [0, 0.05) is 17.7 Å². The maximum absolute atomic E-state index is 12.2. The predicted octanol–water partition coefficient (Wildman–Crippen LogP) is 1.25. The Morgan fingerprint density at radius 2 is 2.00 bits per heavy atom. The molecule has 1 aliphatic heterocycles. The summed E-state index contributed by atoms with van der Waals surface area (Å²) < 4.78 is 0. The Morgan fingerprint density at radius 3 is 2.55 bits per heavy atom. The molecule has 1 aromatic carbocycles. The van der Waals surface area contributed by atoms with Gasteiger partial charge in [-0.25, -0.2) is 4.90 Å². The van der Waals surface area contributed by atoms with Crippen LogP contribution in [-0.4, -0.2) is 40.3 Å². The van der Waals surface area contributed by atoms with E-state index in [4.69, 9.17) is 5.11 Å². The first-order valence-corrected chi connectivity index (χ1v) is 7.29. The summed E-state index contributed by atoms with van der Waals surface area (Å²) in [7, 11) is 0. The van der Waals surface area contributed by atoms with Crippen LogP contribution in [-0.2, 0) is 9.59 Å². The van der Waals surface area contributed by atoms with E-state index in [9.17, 15) is 14.4 Å². The summed E-state index contributed by atoms with van der Waals surface area (Å²) in [6.07, 6.45) is 0.151. The number of Topliss-reactive ketones (excluding diaryl/α,β-unsaturated/α-hetero) is 1. The van der Waals surface area contributed by atoms with Gasteiger partial charge in [-0.05, 0) is 31.2 Å². The molecule has 1 fully saturated rings. The number of hydrogen-bond donors (Lipinski definition) is 1. The Labute approximate surface area is 121 Å². The number of imide groups is 1. The summed E-state index contributed by atoms with van der Waals surface area (Å²) in [4.78, 5) is 36.5. The van der Waals surface area contributed by atoms with Crippen LogP contribution < -0.4 is 4.90 Å². The Balaban J connectivity index is 2.17. The number of carbonyl (C=O) groups excluding carboxylic acids is 3. The minimum Gasteiger partial charge on any atom is -0.396 e. The summed E-state index contributed by atoms with van der Waals surface area (Å²) >= 11 is 1.29. The molecular formula is C14H15NO4S. The molecule has 1 aromatic rings. The van der Waals surface area contributed by atoms with Crippen LogP contribution in [0.3, 0.4) is 0 Å². The number of carbonyl (C=O) groups is 3. The molecule has 1 heterocycles. The lowest BCUT2D eigenvalue weighted by atomic mass is 10.1. The van der Waals surface area contributed by atoms with Gasteiger partial charge in [-0.1, -0.05) is 0 Å². The van der Waals surface area contributed by atoms with Gasteiger partial charge in [0.25, 0.3) is 0 Å². The van der Waals surface area contributed by atoms with Gasteiger partial charge in [0.2, 0.25) is 11.8 Å². The Morgan fingerprint density at radius 1 is 1.35 bits per heavy atom. The Bertz CT molecular complexity index is 541. The summed E-state index contributed by atoms with van der Waals surface area (Å²) in [6.45, 7) is 1.44. The minimum atomic E-state index is -0.429. The van der Waals surface area contributed by atoms with Gasteiger partial charge < -0.3 is 5.11 Å². The molecule has 0 bridgehead atoms. The van der Waals surface area contributed by atoms with Crippen molar-refractivity contribution in [2.45, 2.75) is 18.6 Å². The zero-order valence-electron chi connectivity index (χ0n) is 11.0. The van der Waals surface area contributed by atoms with Crippen molar-refractivity contribution in [1.82, 2.24) is 0 Å². The van der Waals surface area contributed by atoms with Gasteiger partial charge in [0.05, 0.1) is 17.5 Å². The van der Waals surface area contributed by atoms with E-state index in [1.807, 2.05) is 0 Å². The maximum atomic E-state index is 12.2. The molecule has 6 heteroatoms. The second-order valence-corrected chi connectivity index (χ2v) is 5.77. The third kappa shape index (κ3) is 2.91. The highest BCUT2D eigenvalue weighted by Gasteiger charge is 2.39. The number of hydrogen-bond acceptors (Lipinski definition) is 5. The number of anilines is 1. The van der Waals surface area contributed by atoms with Gasteiger partial charge in [-0.3, -0.25) is 14.4 Å². The molecule has 1 aliphatic rings. The molecule has 0 radical (unpaired) electrons. The van der Waals surface area contributed by atoms with Gasteiger partial charge in [0.1, 0.15) is 0 Å². The van der Waals surface area contributed by atoms with E-state index in [0.717, 1.165) is 4.90 Å². The molecule has 0 unspecified atom stereocenters. The van der Waals surface area contributed by atoms with E-state index in [1.54, 1.807) is 24.3 Å². The molecule has 0 spiro atoms. The largest absolute Gasteiger partial charge is 0.396 e. The number of aliphatic hydroxyl groups excluding tert-OH is 1. The molecule has 1 atom stereocenters. The maximum Gasteiger partial charge on any atom is 0.247 e. The van der Waals surface area contributed by atoms with Crippen molar-refractivity contribution in [1.29, 1.82) is 0 Å². The van der Waals surface area contributed by atoms with Gasteiger partial charge in [0.15, 0.2) is 5.78 Å². The molecular weight excluding hydrogens is 278 g/mol. The highest BCUT2D eigenvalue weighted by molar-refractivity contribution is 8.00. The molecule has 0 aromatic heterocycles. The van der Waals surface area contributed by atoms with Crippen molar-refractivity contribution in [3.63, 3.8) is 0 Å². The standard InChI is InChI=1S/C14H15NO4S/c1-9(17)10-2-4-11(5-3-10)15-13(18)8-12(14(15)19)20-7-6-16/h2-5,12,16H,6-8H2,1H3/t12-/m0/s1. The van der Waals surface area contributed by atoms with Crippen LogP contribution in [0.5, 0.6) is 0 Å². The predicted molar refractivity (Wildman–Crippen MR) is 76.9 cm³/mol. The van der Waals surface area contributed by atoms with E-state index in [1.165, 1.54) is 18.7 Å². The number of aliphatic hydroxyl groups is 1. The van der Waals surface area contributed by atoms with Crippen LogP contribution in [0.15, 0.2) is 24.3 Å². The fourth-order valence-corrected chi connectivity index (χ4v) is 2.94. The monoisotopic (exact) mass is 293 g/mol. The molecule has 1 saturated heterocycles. The van der Waals surface area contributed by atoms with Crippen molar-refractivity contribution in [3.8, 4) is 0 Å². The average molecular weight is 293 g/mol. The van der Waals surface area contributed by atoms with E-state index in [0.29, 0.717) is 17.0 Å². The number of nitrogens with zero attached hydrogens (tertiary/aromatic N) is 1. The van der Waals surface area contributed by atoms with Crippen molar-refractivity contribution in [3.05, 3.63) is 29.8 Å². The fourth-order valence-electron chi connectivity index (χ4n) is 2.05. The summed E-state index contributed by atoms with van der Waals surface area (Å²) in [6, 6.07) is 6.41. The van der Waals surface area contributed by atoms with E-state index in [-0.39, 0.29) is 30.6 Å². The summed E-state index contributed by atoms with van der Waals surface area (Å²) in [5.74, 6) is -0.141. The summed E-state index contributed by atoms with van der Waals surface area (Å²) in [5, 5.41) is 8.35. The third-order valence-corrected chi connectivity index (χ3v) is 4.24. The van der Waals surface area contributed by atoms with Crippen LogP contribution >= 0.6 is 11.8 Å². The molecule has 5 nitrogen and oxygen atoms in total. The SMILES string of the molecule is CC(=O)c1ccc(N2C(=O)C[C@H](SCCO)C2=O)cc1. The topological polar surface area (TPSA) is 74.7 Å². The van der Waals surface area contributed by atoms with Gasteiger partial charge in [-0.2, -0.15) is 0 Å². The second kappa shape index (κ2) is 6.19. The minimum absolute atomic E-state index is 0.0179. The smallest absolute Gasteiger partial charge is 0.247 e. The van der Waals surface area contributed by atoms with Gasteiger partial charge in [-0.15, -0.1) is 11.8 Å². The van der Waals surface area contributed by atoms with Crippen LogP contribution in [0.25, 0.3) is 0 Å². The zero-order valence-corrected chi connectivity index (χ0v) is 11.9. The fraction of sp³-hybridized carbons (Fsp3) is 0.357. The van der Waals surface area contributed by atoms with Crippen LogP contribution in [0.4, 0.5) is 5.69 Å². The lowest BCUT2D eigenvalue weighted by molar-refractivity contribution is -0.121. The number of rotatable bonds is 5. The van der Waals surface area contributed by atoms with Crippen molar-refractivity contribution >= 4 is 35.0 Å². The highest BCUT2D eigenvalue weighted by atomic mass is 32.2.